The zero-order valence-corrected chi connectivity index (χ0v) is 17.7. The molecule has 8 nitrogen and oxygen atoms in total. The van der Waals surface area contributed by atoms with E-state index in [9.17, 15) is 14.5 Å². The predicted molar refractivity (Wildman–Crippen MR) is 110 cm³/mol. The summed E-state index contributed by atoms with van der Waals surface area (Å²) in [6.07, 6.45) is 2.69. The molecule has 0 fully saturated rings. The van der Waals surface area contributed by atoms with Crippen molar-refractivity contribution in [3.63, 3.8) is 0 Å². The van der Waals surface area contributed by atoms with E-state index in [1.54, 1.807) is 6.07 Å². The van der Waals surface area contributed by atoms with Crippen molar-refractivity contribution < 1.29 is 18.8 Å². The van der Waals surface area contributed by atoms with Gasteiger partial charge in [0, 0.05) is 18.5 Å². The number of nitrogens with zero attached hydrogens (tertiary/aromatic N) is 3. The van der Waals surface area contributed by atoms with Crippen molar-refractivity contribution in [3.8, 4) is 17.4 Å². The van der Waals surface area contributed by atoms with E-state index in [-0.39, 0.29) is 38.4 Å². The lowest BCUT2D eigenvalue weighted by atomic mass is 10.3. The van der Waals surface area contributed by atoms with Gasteiger partial charge in [0.15, 0.2) is 16.2 Å². The van der Waals surface area contributed by atoms with Crippen molar-refractivity contribution in [1.29, 1.82) is 0 Å². The molecule has 0 aliphatic rings. The van der Waals surface area contributed by atoms with Gasteiger partial charge in [-0.05, 0) is 34.1 Å². The Balaban J connectivity index is 0.000000234. The van der Waals surface area contributed by atoms with E-state index in [2.05, 4.69) is 25.9 Å². The van der Waals surface area contributed by atoms with E-state index >= 15 is 0 Å². The Bertz CT molecular complexity index is 1040. The smallest absolute Gasteiger partial charge is 0.303 e. The van der Waals surface area contributed by atoms with E-state index in [0.717, 1.165) is 0 Å². The summed E-state index contributed by atoms with van der Waals surface area (Å²) in [6.45, 7) is 0. The van der Waals surface area contributed by atoms with Gasteiger partial charge in [0.25, 0.3) is 0 Å². The number of nitrogen functional groups attached to an aromatic ring is 1. The van der Waals surface area contributed by atoms with Gasteiger partial charge in [-0.3, -0.25) is 10.1 Å². The molecule has 12 heteroatoms. The third-order valence-corrected chi connectivity index (χ3v) is 4.20. The van der Waals surface area contributed by atoms with Crippen LogP contribution in [-0.4, -0.2) is 22.0 Å². The summed E-state index contributed by atoms with van der Waals surface area (Å²) < 4.78 is 24.1. The normalized spacial score (nSPS) is 9.97. The van der Waals surface area contributed by atoms with Crippen LogP contribution in [0.4, 0.5) is 15.8 Å². The quantitative estimate of drug-likeness (QED) is 0.276. The van der Waals surface area contributed by atoms with Gasteiger partial charge < -0.3 is 15.2 Å². The van der Waals surface area contributed by atoms with E-state index in [0.29, 0.717) is 5.02 Å². The number of methoxy groups -OCH3 is 1. The number of aromatic nitrogens is 2. The predicted octanol–water partition coefficient (Wildman–Crippen LogP) is 5.66. The van der Waals surface area contributed by atoms with Crippen molar-refractivity contribution in [1.82, 2.24) is 9.97 Å². The van der Waals surface area contributed by atoms with Crippen LogP contribution >= 0.6 is 39.1 Å². The Morgan fingerprint density at radius 3 is 2.45 bits per heavy atom. The number of halogens is 4. The van der Waals surface area contributed by atoms with Gasteiger partial charge in [0.05, 0.1) is 27.8 Å². The van der Waals surface area contributed by atoms with E-state index in [4.69, 9.17) is 38.4 Å². The number of hydrogen-bond donors (Lipinski definition) is 1. The molecule has 0 aliphatic heterocycles. The number of benzene rings is 1. The summed E-state index contributed by atoms with van der Waals surface area (Å²) in [4.78, 5) is 17.2. The molecule has 0 bridgehead atoms. The molecule has 152 valence electrons. The molecule has 0 atom stereocenters. The topological polar surface area (TPSA) is 113 Å². The maximum absolute atomic E-state index is 13.6. The summed E-state index contributed by atoms with van der Waals surface area (Å²) in [5.41, 5.74) is 5.76. The molecule has 0 aliphatic carbocycles. The molecule has 3 rings (SSSR count). The van der Waals surface area contributed by atoms with Gasteiger partial charge in [0.1, 0.15) is 0 Å². The molecular weight excluding hydrogens is 494 g/mol. The van der Waals surface area contributed by atoms with Gasteiger partial charge >= 0.3 is 5.69 Å². The number of para-hydroxylation sites is 1. The average molecular weight is 506 g/mol. The van der Waals surface area contributed by atoms with Crippen LogP contribution in [0.15, 0.2) is 47.3 Å². The molecule has 2 heterocycles. The van der Waals surface area contributed by atoms with Crippen molar-refractivity contribution in [2.75, 3.05) is 12.8 Å². The lowest BCUT2D eigenvalue weighted by molar-refractivity contribution is -0.386. The molecule has 0 unspecified atom stereocenters. The summed E-state index contributed by atoms with van der Waals surface area (Å²) in [7, 11) is 1.42. The number of nitrogens with two attached hydrogens (primary N) is 1. The van der Waals surface area contributed by atoms with Gasteiger partial charge in [-0.25, -0.2) is 14.4 Å². The highest BCUT2D eigenvalue weighted by atomic mass is 79.9. The SMILES string of the molecule is COc1cccc(F)c1Oc1ncc(Cl)cc1N.O=[N+]([O-])c1cc(Cl)cnc1Br. The standard InChI is InChI=1S/C12H10ClFN2O2.C5H2BrClN2O2/c1-17-10-4-2-3-8(14)11(10)18-12-9(15)5-7(13)6-16-12;6-5-4(9(10)11)1-3(7)2-8-5/h2-6H,15H2,1H3;1-2H. The van der Waals surface area contributed by atoms with E-state index in [1.165, 1.54) is 43.8 Å². The second-order valence-electron chi connectivity index (χ2n) is 5.14. The number of anilines is 1. The molecule has 3 aromatic rings. The highest BCUT2D eigenvalue weighted by Crippen LogP contribution is 2.35. The van der Waals surface area contributed by atoms with Crippen LogP contribution in [0.1, 0.15) is 0 Å². The van der Waals surface area contributed by atoms with Crippen LogP contribution in [-0.2, 0) is 0 Å². The minimum Gasteiger partial charge on any atom is -0.493 e. The van der Waals surface area contributed by atoms with E-state index < -0.39 is 10.7 Å². The first kappa shape index (κ1) is 22.6. The number of nitro groups is 1. The third-order valence-electron chi connectivity index (χ3n) is 3.18. The largest absolute Gasteiger partial charge is 0.493 e. The summed E-state index contributed by atoms with van der Waals surface area (Å²) >= 11 is 14.1. The van der Waals surface area contributed by atoms with E-state index in [1.807, 2.05) is 0 Å². The summed E-state index contributed by atoms with van der Waals surface area (Å²) in [5, 5.41) is 10.9. The molecule has 2 N–H and O–H groups in total. The van der Waals surface area contributed by atoms with Crippen LogP contribution in [0.3, 0.4) is 0 Å². The first-order valence-corrected chi connectivity index (χ1v) is 9.14. The molecule has 2 aromatic heterocycles. The van der Waals surface area contributed by atoms with Crippen molar-refractivity contribution >= 4 is 50.5 Å². The minimum absolute atomic E-state index is 0.0680. The Morgan fingerprint density at radius 1 is 1.21 bits per heavy atom. The molecule has 0 amide bonds. The minimum atomic E-state index is -0.564. The Hall–Kier alpha value is -2.69. The first-order chi connectivity index (χ1) is 13.7. The molecule has 1 aromatic carbocycles. The number of pyridine rings is 2. The summed E-state index contributed by atoms with van der Waals surface area (Å²) in [6, 6.07) is 7.05. The van der Waals surface area contributed by atoms with Gasteiger partial charge in [-0.15, -0.1) is 0 Å². The van der Waals surface area contributed by atoms with Crippen molar-refractivity contribution in [2.24, 2.45) is 0 Å². The van der Waals surface area contributed by atoms with Gasteiger partial charge in [-0.2, -0.15) is 0 Å². The van der Waals surface area contributed by atoms with Crippen LogP contribution in [0.2, 0.25) is 10.0 Å². The van der Waals surface area contributed by atoms with Crippen LogP contribution in [0.5, 0.6) is 17.4 Å². The van der Waals surface area contributed by atoms with Crippen LogP contribution in [0, 0.1) is 15.9 Å². The highest BCUT2D eigenvalue weighted by molar-refractivity contribution is 9.10. The van der Waals surface area contributed by atoms with Crippen molar-refractivity contribution in [3.05, 3.63) is 73.3 Å². The zero-order chi connectivity index (χ0) is 21.6. The fourth-order valence-electron chi connectivity index (χ4n) is 1.91. The maximum atomic E-state index is 13.6. The molecule has 0 saturated heterocycles. The molecule has 0 radical (unpaired) electrons. The number of hydrogen-bond acceptors (Lipinski definition) is 7. The van der Waals surface area contributed by atoms with Crippen molar-refractivity contribution in [2.45, 2.75) is 0 Å². The summed E-state index contributed by atoms with van der Waals surface area (Å²) in [5.74, 6) is -0.305. The third kappa shape index (κ3) is 6.14. The van der Waals surface area contributed by atoms with Gasteiger partial charge in [-0.1, -0.05) is 29.3 Å². The second-order valence-corrected chi connectivity index (χ2v) is 6.77. The number of ether oxygens (including phenoxy) is 2. The molecule has 0 saturated carbocycles. The monoisotopic (exact) mass is 504 g/mol. The highest BCUT2D eigenvalue weighted by Gasteiger charge is 2.14. The Kier molecular flexibility index (Phi) is 7.94. The molecule has 0 spiro atoms. The Labute approximate surface area is 182 Å². The lowest BCUT2D eigenvalue weighted by Crippen LogP contribution is -1.98. The maximum Gasteiger partial charge on any atom is 0.303 e. The molecular formula is C17H12BrCl2FN4O4. The average Bonchev–Trinajstić information content (AvgIpc) is 2.67. The van der Waals surface area contributed by atoms with Crippen LogP contribution in [0.25, 0.3) is 0 Å². The fraction of sp³-hybridized carbons (Fsp3) is 0.0588. The zero-order valence-electron chi connectivity index (χ0n) is 14.6. The first-order valence-electron chi connectivity index (χ1n) is 7.59. The second kappa shape index (κ2) is 10.2. The van der Waals surface area contributed by atoms with Gasteiger partial charge in [0.2, 0.25) is 11.6 Å². The Morgan fingerprint density at radius 2 is 1.86 bits per heavy atom. The van der Waals surface area contributed by atoms with Crippen LogP contribution < -0.4 is 15.2 Å². The molecule has 29 heavy (non-hydrogen) atoms. The fourth-order valence-corrected chi connectivity index (χ4v) is 2.59. The lowest BCUT2D eigenvalue weighted by Gasteiger charge is -2.11. The number of rotatable bonds is 4.